The van der Waals surface area contributed by atoms with Gasteiger partial charge in [-0.1, -0.05) is 91.0 Å². The largest absolute Gasteiger partial charge is 0.278 e. The highest BCUT2D eigenvalue weighted by molar-refractivity contribution is 6.02. The summed E-state index contributed by atoms with van der Waals surface area (Å²) in [6.45, 7) is 2.10. The molecule has 0 fully saturated rings. The van der Waals surface area contributed by atoms with E-state index in [-0.39, 0.29) is 0 Å². The first-order valence-electron chi connectivity index (χ1n) is 10.4. The minimum Gasteiger partial charge on any atom is -0.278 e. The van der Waals surface area contributed by atoms with E-state index in [1.54, 1.807) is 0 Å². The number of nitrogens with zero attached hydrogens (tertiary/aromatic N) is 1. The third-order valence-corrected chi connectivity index (χ3v) is 5.87. The lowest BCUT2D eigenvalue weighted by molar-refractivity contribution is 1.16. The highest BCUT2D eigenvalue weighted by Gasteiger charge is 2.21. The van der Waals surface area contributed by atoms with Crippen molar-refractivity contribution in [1.29, 1.82) is 0 Å². The van der Waals surface area contributed by atoms with Crippen LogP contribution in [0.4, 0.5) is 5.69 Å². The van der Waals surface area contributed by atoms with Crippen LogP contribution in [0.3, 0.4) is 0 Å². The van der Waals surface area contributed by atoms with E-state index in [9.17, 15) is 0 Å². The monoisotopic (exact) mass is 388 g/mol. The number of fused-ring (bicyclic) bond motifs is 3. The topological polar surface area (TPSA) is 24.4 Å². The predicted octanol–water partition coefficient (Wildman–Crippen LogP) is 6.63. The molecule has 0 aliphatic heterocycles. The summed E-state index contributed by atoms with van der Waals surface area (Å²) in [6.07, 6.45) is 1.79. The Labute approximate surface area is 177 Å². The predicted molar refractivity (Wildman–Crippen MR) is 126 cm³/mol. The van der Waals surface area contributed by atoms with Crippen LogP contribution >= 0.6 is 0 Å². The quantitative estimate of drug-likeness (QED) is 0.265. The van der Waals surface area contributed by atoms with Crippen molar-refractivity contribution in [1.82, 2.24) is 0 Å². The van der Waals surface area contributed by atoms with Gasteiger partial charge in [0.1, 0.15) is 0 Å². The number of nitrogens with one attached hydrogen (secondary N) is 1. The van der Waals surface area contributed by atoms with Crippen molar-refractivity contribution < 1.29 is 0 Å². The van der Waals surface area contributed by atoms with Gasteiger partial charge in [0.2, 0.25) is 0 Å². The summed E-state index contributed by atoms with van der Waals surface area (Å²) in [4.78, 5) is 0. The molecule has 5 rings (SSSR count). The van der Waals surface area contributed by atoms with E-state index in [4.69, 9.17) is 5.10 Å². The highest BCUT2D eigenvalue weighted by atomic mass is 15.3. The Morgan fingerprint density at radius 3 is 2.37 bits per heavy atom. The molecular weight excluding hydrogens is 364 g/mol. The SMILES string of the molecule is Cc1ccccc1NN=C(Cc1cccc2c1Cc1ccccc1-2)c1ccccc1. The van der Waals surface area contributed by atoms with Crippen LogP contribution in [0, 0.1) is 6.92 Å². The molecule has 2 nitrogen and oxygen atoms in total. The average Bonchev–Trinajstić information content (AvgIpc) is 3.18. The molecule has 0 saturated carbocycles. The second kappa shape index (κ2) is 8.00. The van der Waals surface area contributed by atoms with Gasteiger partial charge < -0.3 is 0 Å². The molecule has 0 saturated heterocycles. The van der Waals surface area contributed by atoms with Gasteiger partial charge in [-0.15, -0.1) is 0 Å². The number of para-hydroxylation sites is 1. The van der Waals surface area contributed by atoms with Crippen LogP contribution in [-0.4, -0.2) is 5.71 Å². The fourth-order valence-corrected chi connectivity index (χ4v) is 4.23. The maximum absolute atomic E-state index is 4.86. The van der Waals surface area contributed by atoms with Gasteiger partial charge in [0.05, 0.1) is 11.4 Å². The van der Waals surface area contributed by atoms with Crippen molar-refractivity contribution in [3.05, 3.63) is 125 Å². The van der Waals surface area contributed by atoms with E-state index in [2.05, 4.69) is 91.2 Å². The van der Waals surface area contributed by atoms with Gasteiger partial charge >= 0.3 is 0 Å². The summed E-state index contributed by atoms with van der Waals surface area (Å²) in [5.41, 5.74) is 14.6. The second-order valence-corrected chi connectivity index (χ2v) is 7.81. The van der Waals surface area contributed by atoms with Crippen LogP contribution in [0.2, 0.25) is 0 Å². The molecule has 1 N–H and O–H groups in total. The molecule has 0 bridgehead atoms. The minimum atomic E-state index is 0.792. The minimum absolute atomic E-state index is 0.792. The molecule has 0 spiro atoms. The molecule has 0 amide bonds. The van der Waals surface area contributed by atoms with Crippen molar-refractivity contribution in [2.45, 2.75) is 19.8 Å². The Balaban J connectivity index is 1.51. The van der Waals surface area contributed by atoms with Crippen molar-refractivity contribution in [3.8, 4) is 11.1 Å². The first-order valence-corrected chi connectivity index (χ1v) is 10.4. The number of anilines is 1. The van der Waals surface area contributed by atoms with Crippen molar-refractivity contribution in [3.63, 3.8) is 0 Å². The van der Waals surface area contributed by atoms with Gasteiger partial charge in [0.15, 0.2) is 0 Å². The Bertz CT molecular complexity index is 1220. The Kier molecular flexibility index (Phi) is 4.90. The Hall–Kier alpha value is -3.65. The molecule has 1 aliphatic rings. The third kappa shape index (κ3) is 3.53. The van der Waals surface area contributed by atoms with Gasteiger partial charge in [0, 0.05) is 6.42 Å². The summed E-state index contributed by atoms with van der Waals surface area (Å²) in [7, 11) is 0. The van der Waals surface area contributed by atoms with Gasteiger partial charge in [-0.2, -0.15) is 5.10 Å². The van der Waals surface area contributed by atoms with Crippen LogP contribution < -0.4 is 5.43 Å². The van der Waals surface area contributed by atoms with Gasteiger partial charge in [0.25, 0.3) is 0 Å². The van der Waals surface area contributed by atoms with Crippen LogP contribution in [0.1, 0.15) is 27.8 Å². The average molecular weight is 389 g/mol. The van der Waals surface area contributed by atoms with Crippen LogP contribution in [0.5, 0.6) is 0 Å². The Morgan fingerprint density at radius 2 is 1.50 bits per heavy atom. The fraction of sp³-hybridized carbons (Fsp3) is 0.107. The lowest BCUT2D eigenvalue weighted by Crippen LogP contribution is -2.10. The molecule has 146 valence electrons. The summed E-state index contributed by atoms with van der Waals surface area (Å²) < 4.78 is 0. The molecule has 4 aromatic carbocycles. The van der Waals surface area contributed by atoms with E-state index in [1.807, 2.05) is 18.2 Å². The number of hydrogen-bond donors (Lipinski definition) is 1. The summed E-state index contributed by atoms with van der Waals surface area (Å²) in [5, 5.41) is 4.86. The lowest BCUT2D eigenvalue weighted by Gasteiger charge is -2.13. The summed E-state index contributed by atoms with van der Waals surface area (Å²) in [5.74, 6) is 0. The van der Waals surface area contributed by atoms with Gasteiger partial charge in [-0.25, -0.2) is 0 Å². The molecule has 0 radical (unpaired) electrons. The van der Waals surface area contributed by atoms with Crippen molar-refractivity contribution in [2.24, 2.45) is 5.10 Å². The fourth-order valence-electron chi connectivity index (χ4n) is 4.23. The second-order valence-electron chi connectivity index (χ2n) is 7.81. The van der Waals surface area contributed by atoms with Gasteiger partial charge in [-0.05, 0) is 58.4 Å². The smallest absolute Gasteiger partial charge is 0.0723 e. The lowest BCUT2D eigenvalue weighted by atomic mass is 9.95. The third-order valence-electron chi connectivity index (χ3n) is 5.87. The number of benzene rings is 4. The standard InChI is InChI=1S/C28H24N2/c1-20-10-5-8-17-27(20)29-30-28(21-11-3-2-4-12-21)19-23-14-9-16-25-24-15-7-6-13-22(24)18-26(23)25/h2-17,29H,18-19H2,1H3. The number of rotatable bonds is 5. The molecule has 30 heavy (non-hydrogen) atoms. The molecule has 0 atom stereocenters. The molecule has 4 aromatic rings. The molecule has 1 aliphatic carbocycles. The zero-order chi connectivity index (χ0) is 20.3. The van der Waals surface area contributed by atoms with Crippen molar-refractivity contribution >= 4 is 11.4 Å². The van der Waals surface area contributed by atoms with E-state index in [1.165, 1.54) is 33.4 Å². The maximum Gasteiger partial charge on any atom is 0.0723 e. The van der Waals surface area contributed by atoms with E-state index in [0.717, 1.165) is 29.8 Å². The molecule has 0 aromatic heterocycles. The molecular formula is C28H24N2. The molecule has 0 unspecified atom stereocenters. The number of hydrazone groups is 1. The van der Waals surface area contributed by atoms with Crippen LogP contribution in [0.25, 0.3) is 11.1 Å². The normalized spacial score (nSPS) is 12.4. The van der Waals surface area contributed by atoms with Crippen LogP contribution in [-0.2, 0) is 12.8 Å². The zero-order valence-corrected chi connectivity index (χ0v) is 17.1. The van der Waals surface area contributed by atoms with Crippen LogP contribution in [0.15, 0.2) is 102 Å². The first kappa shape index (κ1) is 18.4. The van der Waals surface area contributed by atoms with E-state index in [0.29, 0.717) is 0 Å². The van der Waals surface area contributed by atoms with E-state index >= 15 is 0 Å². The van der Waals surface area contributed by atoms with Gasteiger partial charge in [-0.3, -0.25) is 5.43 Å². The maximum atomic E-state index is 4.86. The summed E-state index contributed by atoms with van der Waals surface area (Å²) >= 11 is 0. The van der Waals surface area contributed by atoms with E-state index < -0.39 is 0 Å². The number of hydrogen-bond acceptors (Lipinski definition) is 2. The number of aryl methyl sites for hydroxylation is 1. The highest BCUT2D eigenvalue weighted by Crippen LogP contribution is 2.38. The molecule has 0 heterocycles. The van der Waals surface area contributed by atoms with Crippen molar-refractivity contribution in [2.75, 3.05) is 5.43 Å². The first-order chi connectivity index (χ1) is 14.8. The molecule has 2 heteroatoms. The Morgan fingerprint density at radius 1 is 0.767 bits per heavy atom. The zero-order valence-electron chi connectivity index (χ0n) is 17.1. The summed E-state index contributed by atoms with van der Waals surface area (Å²) in [6, 6.07) is 34.1.